The first-order valence-corrected chi connectivity index (χ1v) is 10.9. The monoisotopic (exact) mass is 440 g/mol. The molecule has 2 atom stereocenters. The van der Waals surface area contributed by atoms with Crippen LogP contribution in [-0.4, -0.2) is 41.0 Å². The number of aromatic amines is 1. The molecule has 3 heterocycles. The van der Waals surface area contributed by atoms with E-state index in [1.807, 2.05) is 60.7 Å². The Hall–Kier alpha value is -3.97. The number of hydrogen-bond acceptors (Lipinski definition) is 4. The molecule has 0 bridgehead atoms. The number of H-pyrrole nitrogens is 1. The molecule has 1 aliphatic heterocycles. The zero-order valence-electron chi connectivity index (χ0n) is 18.0. The van der Waals surface area contributed by atoms with E-state index in [1.54, 1.807) is 18.6 Å². The second kappa shape index (κ2) is 9.26. The molecule has 0 fully saturated rings. The number of hydrogen-bond donors (Lipinski definition) is 3. The fraction of sp³-hybridized carbons (Fsp3) is 0.192. The fourth-order valence-electron chi connectivity index (χ4n) is 4.10. The Morgan fingerprint density at radius 3 is 2.82 bits per heavy atom. The summed E-state index contributed by atoms with van der Waals surface area (Å²) in [6.07, 6.45) is 8.90. The number of fused-ring (bicyclic) bond motifs is 2. The highest BCUT2D eigenvalue weighted by Crippen LogP contribution is 2.22. The molecular weight excluding hydrogens is 416 g/mol. The predicted octanol–water partition coefficient (Wildman–Crippen LogP) is 3.65. The van der Waals surface area contributed by atoms with E-state index in [0.29, 0.717) is 18.6 Å². The second-order valence-electron chi connectivity index (χ2n) is 8.03. The van der Waals surface area contributed by atoms with E-state index in [9.17, 15) is 9.59 Å². The number of nitrogens with one attached hydrogen (secondary N) is 3. The molecule has 2 aromatic heterocycles. The zero-order valence-corrected chi connectivity index (χ0v) is 18.0. The van der Waals surface area contributed by atoms with Crippen molar-refractivity contribution in [2.75, 3.05) is 13.2 Å². The largest absolute Gasteiger partial charge is 0.364 e. The van der Waals surface area contributed by atoms with E-state index in [2.05, 4.69) is 20.6 Å². The number of benzene rings is 2. The summed E-state index contributed by atoms with van der Waals surface area (Å²) in [7, 11) is 0. The lowest BCUT2D eigenvalue weighted by atomic mass is 10.0. The number of amides is 2. The third-order valence-corrected chi connectivity index (χ3v) is 5.89. The van der Waals surface area contributed by atoms with Crippen molar-refractivity contribution in [2.24, 2.45) is 0 Å². The number of ether oxygens (including phenoxy) is 1. The molecule has 0 spiro atoms. The Morgan fingerprint density at radius 1 is 1.09 bits per heavy atom. The summed E-state index contributed by atoms with van der Waals surface area (Å²) in [6, 6.07) is 15.5. The van der Waals surface area contributed by atoms with Crippen LogP contribution in [0.4, 0.5) is 0 Å². The molecule has 2 unspecified atom stereocenters. The van der Waals surface area contributed by atoms with E-state index in [4.69, 9.17) is 4.74 Å². The molecular formula is C26H24N4O3. The number of nitrogens with zero attached hydrogens (tertiary/aromatic N) is 1. The maximum atomic E-state index is 13.2. The second-order valence-corrected chi connectivity index (χ2v) is 8.03. The quantitative estimate of drug-likeness (QED) is 0.399. The van der Waals surface area contributed by atoms with Crippen molar-refractivity contribution in [3.8, 4) is 0 Å². The van der Waals surface area contributed by atoms with Gasteiger partial charge in [0.15, 0.2) is 0 Å². The van der Waals surface area contributed by atoms with Gasteiger partial charge in [0.25, 0.3) is 5.91 Å². The van der Waals surface area contributed by atoms with Gasteiger partial charge in [-0.25, -0.2) is 0 Å². The van der Waals surface area contributed by atoms with Gasteiger partial charge in [-0.3, -0.25) is 14.6 Å². The van der Waals surface area contributed by atoms with Crippen molar-refractivity contribution in [1.29, 1.82) is 0 Å². The van der Waals surface area contributed by atoms with Gasteiger partial charge in [0, 0.05) is 30.7 Å². The maximum absolute atomic E-state index is 13.2. The van der Waals surface area contributed by atoms with Crippen LogP contribution in [0.25, 0.3) is 21.7 Å². The third-order valence-electron chi connectivity index (χ3n) is 5.89. The first-order chi connectivity index (χ1) is 16.2. The predicted molar refractivity (Wildman–Crippen MR) is 127 cm³/mol. The first kappa shape index (κ1) is 20.9. The van der Waals surface area contributed by atoms with E-state index >= 15 is 0 Å². The van der Waals surface area contributed by atoms with Crippen molar-refractivity contribution in [3.05, 3.63) is 90.4 Å². The summed E-state index contributed by atoms with van der Waals surface area (Å²) in [5.41, 5.74) is 2.17. The van der Waals surface area contributed by atoms with Crippen molar-refractivity contribution in [2.45, 2.75) is 18.6 Å². The fourth-order valence-corrected chi connectivity index (χ4v) is 4.10. The number of carbonyl (C=O) groups is 2. The molecule has 166 valence electrons. The lowest BCUT2D eigenvalue weighted by Crippen LogP contribution is -2.43. The van der Waals surface area contributed by atoms with Gasteiger partial charge in [0.2, 0.25) is 5.91 Å². The van der Waals surface area contributed by atoms with Crippen molar-refractivity contribution < 1.29 is 14.3 Å². The lowest BCUT2D eigenvalue weighted by molar-refractivity contribution is -0.132. The summed E-state index contributed by atoms with van der Waals surface area (Å²) in [5.74, 6) is -0.439. The molecule has 0 radical (unpaired) electrons. The van der Waals surface area contributed by atoms with Crippen LogP contribution in [0.15, 0.2) is 79.3 Å². The molecule has 0 saturated heterocycles. The van der Waals surface area contributed by atoms with Crippen LogP contribution in [0.5, 0.6) is 0 Å². The smallest absolute Gasteiger partial charge is 0.254 e. The molecule has 1 aliphatic rings. The van der Waals surface area contributed by atoms with Gasteiger partial charge in [-0.1, -0.05) is 48.6 Å². The van der Waals surface area contributed by atoms with Gasteiger partial charge in [0.05, 0.1) is 29.9 Å². The maximum Gasteiger partial charge on any atom is 0.254 e. The minimum atomic E-state index is -0.513. The van der Waals surface area contributed by atoms with Gasteiger partial charge in [0.1, 0.15) is 6.10 Å². The van der Waals surface area contributed by atoms with Gasteiger partial charge in [-0.2, -0.15) is 0 Å². The van der Waals surface area contributed by atoms with Crippen molar-refractivity contribution in [3.63, 3.8) is 0 Å². The minimum absolute atomic E-state index is 0.186. The summed E-state index contributed by atoms with van der Waals surface area (Å²) in [5, 5.41) is 9.02. The number of carbonyl (C=O) groups excluding carboxylic acids is 2. The highest BCUT2D eigenvalue weighted by Gasteiger charge is 2.23. The molecule has 7 heteroatoms. The van der Waals surface area contributed by atoms with E-state index in [-0.39, 0.29) is 18.4 Å². The average Bonchev–Trinajstić information content (AvgIpc) is 3.35. The molecule has 0 aliphatic carbocycles. The lowest BCUT2D eigenvalue weighted by Gasteiger charge is -2.23. The van der Waals surface area contributed by atoms with Gasteiger partial charge >= 0.3 is 0 Å². The highest BCUT2D eigenvalue weighted by molar-refractivity contribution is 6.06. The molecule has 3 N–H and O–H groups in total. The van der Waals surface area contributed by atoms with Crippen LogP contribution >= 0.6 is 0 Å². The molecule has 5 rings (SSSR count). The molecule has 33 heavy (non-hydrogen) atoms. The Bertz CT molecular complexity index is 1340. The van der Waals surface area contributed by atoms with E-state index < -0.39 is 12.1 Å². The SMILES string of the molecule is O=C(NC(CNC(=O)C1CC=CCO1)c1ccc2ccccc2c1)c1cncc2[nH]ccc12. The number of pyridine rings is 1. The normalized spacial score (nSPS) is 16.5. The highest BCUT2D eigenvalue weighted by atomic mass is 16.5. The Kier molecular flexibility index (Phi) is 5.87. The van der Waals surface area contributed by atoms with Crippen LogP contribution < -0.4 is 10.6 Å². The van der Waals surface area contributed by atoms with Gasteiger partial charge in [-0.05, 0) is 28.5 Å². The molecule has 4 aromatic rings. The molecule has 2 aromatic carbocycles. The van der Waals surface area contributed by atoms with Crippen LogP contribution in [0.1, 0.15) is 28.4 Å². The molecule has 2 amide bonds. The first-order valence-electron chi connectivity index (χ1n) is 10.9. The third kappa shape index (κ3) is 4.49. The summed E-state index contributed by atoms with van der Waals surface area (Å²) in [4.78, 5) is 33.1. The van der Waals surface area contributed by atoms with Crippen molar-refractivity contribution in [1.82, 2.24) is 20.6 Å². The van der Waals surface area contributed by atoms with Gasteiger partial charge in [-0.15, -0.1) is 0 Å². The van der Waals surface area contributed by atoms with Crippen molar-refractivity contribution >= 4 is 33.5 Å². The summed E-state index contributed by atoms with van der Waals surface area (Å²) in [6.45, 7) is 0.666. The van der Waals surface area contributed by atoms with E-state index in [0.717, 1.165) is 27.2 Å². The summed E-state index contributed by atoms with van der Waals surface area (Å²) < 4.78 is 5.53. The van der Waals surface area contributed by atoms with Crippen LogP contribution in [0, 0.1) is 0 Å². The molecule has 0 saturated carbocycles. The zero-order chi connectivity index (χ0) is 22.6. The minimum Gasteiger partial charge on any atom is -0.364 e. The average molecular weight is 441 g/mol. The number of rotatable bonds is 6. The van der Waals surface area contributed by atoms with Crippen LogP contribution in [0.2, 0.25) is 0 Å². The van der Waals surface area contributed by atoms with Gasteiger partial charge < -0.3 is 20.4 Å². The number of aromatic nitrogens is 2. The Morgan fingerprint density at radius 2 is 1.97 bits per heavy atom. The topological polar surface area (TPSA) is 96.1 Å². The Labute approximate surface area is 190 Å². The summed E-state index contributed by atoms with van der Waals surface area (Å²) >= 11 is 0. The van der Waals surface area contributed by atoms with Crippen LogP contribution in [0.3, 0.4) is 0 Å². The van der Waals surface area contributed by atoms with Crippen LogP contribution in [-0.2, 0) is 9.53 Å². The standard InChI is InChI=1S/C26H24N4O3/c31-25(21-14-27-15-23-20(21)10-11-28-23)30-22(16-29-26(32)24-7-3-4-12-33-24)19-9-8-17-5-1-2-6-18(17)13-19/h1-6,8-11,13-15,22,24,28H,7,12,16H2,(H,29,32)(H,30,31). The molecule has 7 nitrogen and oxygen atoms in total. The van der Waals surface area contributed by atoms with E-state index in [1.165, 1.54) is 0 Å². The Balaban J connectivity index is 1.41.